The van der Waals surface area contributed by atoms with E-state index >= 15 is 0 Å². The molecule has 2 heterocycles. The Morgan fingerprint density at radius 1 is 0.386 bits per heavy atom. The number of epoxide rings is 2. The first-order chi connectivity index (χ1) is 43.0. The third kappa shape index (κ3) is 10.8. The number of aliphatic hydroxyl groups is 1. The lowest BCUT2D eigenvalue weighted by atomic mass is 9.61. The van der Waals surface area contributed by atoms with Gasteiger partial charge in [0.2, 0.25) is 0 Å². The summed E-state index contributed by atoms with van der Waals surface area (Å²) in [6.45, 7) is 11.2. The average molecular weight is 1160 g/mol. The predicted octanol–water partition coefficient (Wildman–Crippen LogP) is 16.3. The second kappa shape index (κ2) is 23.9. The van der Waals surface area contributed by atoms with Gasteiger partial charge >= 0.3 is 0 Å². The minimum absolute atomic E-state index is 0.00372. The van der Waals surface area contributed by atoms with Crippen molar-refractivity contribution < 1.29 is 33.5 Å². The van der Waals surface area contributed by atoms with Gasteiger partial charge in [0.05, 0.1) is 48.5 Å². The number of rotatable bonds is 22. The standard InChI is InChI=1S/C81H76O7/c1-78(2,59-33-37-61(38-34-59)81(64-43-47-67(48-44-64)84-51-68-52-85-68)73-32-20-18-30-71(73)75(56-23-11-6-12-24-56)77(81)58-27-15-8-16-28-58)87-50-65(82)49-83-66-45-41-63(42-46-66)80(62-39-35-60(36-40-62)79(3,4)88-54-69-53-86-69)72-31-19-17-29-70(72)74(55-21-9-5-10-22-55)76(80)57-25-13-7-14-26-57/h5-48,65,68-69,74-77,82H,49-54H2,1-4H3/t65?,68?,69-,74?,75?,76?,77?,80?,81?/m1/s1. The Hall–Kier alpha value is -8.40. The Morgan fingerprint density at radius 2 is 0.727 bits per heavy atom. The van der Waals surface area contributed by atoms with E-state index in [1.807, 2.05) is 0 Å². The van der Waals surface area contributed by atoms with Crippen molar-refractivity contribution in [3.63, 3.8) is 0 Å². The third-order valence-electron chi connectivity index (χ3n) is 19.3. The van der Waals surface area contributed by atoms with Gasteiger partial charge in [-0.2, -0.15) is 0 Å². The van der Waals surface area contributed by atoms with Crippen LogP contribution in [-0.2, 0) is 41.0 Å². The molecule has 442 valence electrons. The van der Waals surface area contributed by atoms with Gasteiger partial charge in [0.1, 0.15) is 43.0 Å². The van der Waals surface area contributed by atoms with Gasteiger partial charge in [0.15, 0.2) is 0 Å². The van der Waals surface area contributed by atoms with Crippen molar-refractivity contribution in [1.82, 2.24) is 0 Å². The molecule has 1 N–H and O–H groups in total. The van der Waals surface area contributed by atoms with E-state index in [1.165, 1.54) is 61.2 Å². The molecule has 2 saturated heterocycles. The molecule has 7 nitrogen and oxygen atoms in total. The molecule has 7 heteroatoms. The second-order valence-electron chi connectivity index (χ2n) is 25.4. The monoisotopic (exact) mass is 1160 g/mol. The van der Waals surface area contributed by atoms with E-state index < -0.39 is 28.1 Å². The summed E-state index contributed by atoms with van der Waals surface area (Å²) in [5, 5.41) is 11.7. The lowest BCUT2D eigenvalue weighted by Crippen LogP contribution is -2.35. The molecular formula is C81H76O7. The zero-order valence-electron chi connectivity index (χ0n) is 50.6. The van der Waals surface area contributed by atoms with Crippen molar-refractivity contribution in [2.75, 3.05) is 39.6 Å². The first-order valence-corrected chi connectivity index (χ1v) is 31.3. The molecular weight excluding hydrogens is 1080 g/mol. The van der Waals surface area contributed by atoms with Gasteiger partial charge in [-0.05, 0) is 130 Å². The lowest BCUT2D eigenvalue weighted by molar-refractivity contribution is -0.0717. The summed E-state index contributed by atoms with van der Waals surface area (Å²) in [6, 6.07) is 97.6. The van der Waals surface area contributed by atoms with Gasteiger partial charge in [0.25, 0.3) is 0 Å². The van der Waals surface area contributed by atoms with Gasteiger partial charge < -0.3 is 33.5 Å². The molecule has 14 rings (SSSR count). The van der Waals surface area contributed by atoms with Gasteiger partial charge in [-0.25, -0.2) is 0 Å². The fourth-order valence-corrected chi connectivity index (χ4v) is 14.8. The SMILES string of the molecule is CC(C)(OCC(O)COc1ccc(C2(c3ccc(C(C)(C)OC[C@H]4CO4)cc3)c3ccccc3C(c3ccccc3)C2c2ccccc2)cc1)c1ccc(C2(c3ccc(OCC4CO4)cc3)c3ccccc3C(c3ccccc3)C2c2ccccc2)cc1. The fourth-order valence-electron chi connectivity index (χ4n) is 14.8. The van der Waals surface area contributed by atoms with Crippen LogP contribution in [0.1, 0.15) is 129 Å². The molecule has 0 radical (unpaired) electrons. The molecule has 88 heavy (non-hydrogen) atoms. The van der Waals surface area contributed by atoms with Crippen LogP contribution in [0.4, 0.5) is 0 Å². The third-order valence-corrected chi connectivity index (χ3v) is 19.3. The van der Waals surface area contributed by atoms with Crippen molar-refractivity contribution >= 4 is 0 Å². The molecule has 2 fully saturated rings. The zero-order valence-corrected chi connectivity index (χ0v) is 50.6. The van der Waals surface area contributed by atoms with Crippen LogP contribution >= 0.6 is 0 Å². The highest BCUT2D eigenvalue weighted by Gasteiger charge is 2.57. The Kier molecular flexibility index (Phi) is 15.6. The fraction of sp³-hybridized carbons (Fsp3) is 0.259. The first-order valence-electron chi connectivity index (χ1n) is 31.3. The van der Waals surface area contributed by atoms with Crippen LogP contribution in [0.2, 0.25) is 0 Å². The molecule has 9 atom stereocenters. The maximum Gasteiger partial charge on any atom is 0.119 e. The van der Waals surface area contributed by atoms with E-state index in [4.69, 9.17) is 28.4 Å². The van der Waals surface area contributed by atoms with Crippen LogP contribution in [0.15, 0.2) is 267 Å². The molecule has 2 aliphatic carbocycles. The quantitative estimate of drug-likeness (QED) is 0.0677. The molecule has 2 aliphatic heterocycles. The highest BCUT2D eigenvalue weighted by atomic mass is 16.6. The van der Waals surface area contributed by atoms with Crippen LogP contribution in [0, 0.1) is 0 Å². The van der Waals surface area contributed by atoms with E-state index in [-0.39, 0.29) is 49.1 Å². The van der Waals surface area contributed by atoms with E-state index in [0.29, 0.717) is 19.0 Å². The Morgan fingerprint density at radius 3 is 1.14 bits per heavy atom. The molecule has 0 amide bonds. The Balaban J connectivity index is 0.740. The Labute approximate surface area is 518 Å². The molecule has 4 aliphatic rings. The van der Waals surface area contributed by atoms with Gasteiger partial charge in [0, 0.05) is 23.7 Å². The smallest absolute Gasteiger partial charge is 0.119 e. The van der Waals surface area contributed by atoms with Gasteiger partial charge in [-0.3, -0.25) is 0 Å². The molecule has 8 unspecified atom stereocenters. The minimum atomic E-state index is -0.896. The molecule has 0 bridgehead atoms. The first kappa shape index (κ1) is 57.4. The van der Waals surface area contributed by atoms with Gasteiger partial charge in [-0.15, -0.1) is 0 Å². The number of aliphatic hydroxyl groups excluding tert-OH is 1. The zero-order chi connectivity index (χ0) is 59.9. The molecule has 0 saturated carbocycles. The predicted molar refractivity (Wildman–Crippen MR) is 348 cm³/mol. The van der Waals surface area contributed by atoms with Crippen LogP contribution in [0.5, 0.6) is 11.5 Å². The summed E-state index contributed by atoms with van der Waals surface area (Å²) in [5.74, 6) is 1.62. The normalized spacial score (nSPS) is 23.0. The molecule has 0 aromatic heterocycles. The van der Waals surface area contributed by atoms with Crippen LogP contribution in [-0.4, -0.2) is 63.1 Å². The summed E-state index contributed by atoms with van der Waals surface area (Å²) >= 11 is 0. The minimum Gasteiger partial charge on any atom is -0.491 e. The molecule has 10 aromatic carbocycles. The van der Waals surface area contributed by atoms with Crippen molar-refractivity contribution in [3.05, 3.63) is 345 Å². The van der Waals surface area contributed by atoms with Crippen LogP contribution in [0.25, 0.3) is 0 Å². The van der Waals surface area contributed by atoms with E-state index in [0.717, 1.165) is 35.7 Å². The highest BCUT2D eigenvalue weighted by Crippen LogP contribution is 2.65. The maximum absolute atomic E-state index is 11.7. The summed E-state index contributed by atoms with van der Waals surface area (Å²) in [7, 11) is 0. The molecule has 10 aromatic rings. The van der Waals surface area contributed by atoms with E-state index in [9.17, 15) is 5.11 Å². The van der Waals surface area contributed by atoms with Gasteiger partial charge in [-0.1, -0.05) is 243 Å². The molecule has 0 spiro atoms. The average Bonchev–Trinajstić information content (AvgIpc) is 1.60. The number of ether oxygens (including phenoxy) is 6. The van der Waals surface area contributed by atoms with Crippen molar-refractivity contribution in [2.24, 2.45) is 0 Å². The van der Waals surface area contributed by atoms with E-state index in [2.05, 4.69) is 295 Å². The number of hydrogen-bond acceptors (Lipinski definition) is 7. The largest absolute Gasteiger partial charge is 0.491 e. The summed E-state index contributed by atoms with van der Waals surface area (Å²) in [6.07, 6.45) is -0.558. The number of benzene rings is 10. The van der Waals surface area contributed by atoms with E-state index in [1.54, 1.807) is 0 Å². The van der Waals surface area contributed by atoms with Crippen molar-refractivity contribution in [3.8, 4) is 11.5 Å². The second-order valence-corrected chi connectivity index (χ2v) is 25.4. The summed E-state index contributed by atoms with van der Waals surface area (Å²) < 4.78 is 36.8. The Bertz CT molecular complexity index is 3960. The topological polar surface area (TPSA) is 82.2 Å². The highest BCUT2D eigenvalue weighted by molar-refractivity contribution is 5.68. The summed E-state index contributed by atoms with van der Waals surface area (Å²) in [5.41, 5.74) is 14.7. The van der Waals surface area contributed by atoms with Crippen molar-refractivity contribution in [2.45, 2.75) is 91.7 Å². The lowest BCUT2D eigenvalue weighted by Gasteiger charge is -2.41. The van der Waals surface area contributed by atoms with Crippen LogP contribution < -0.4 is 9.47 Å². The van der Waals surface area contributed by atoms with Crippen LogP contribution in [0.3, 0.4) is 0 Å². The number of fused-ring (bicyclic) bond motifs is 2. The summed E-state index contributed by atoms with van der Waals surface area (Å²) in [4.78, 5) is 0. The van der Waals surface area contributed by atoms with Crippen molar-refractivity contribution in [1.29, 1.82) is 0 Å². The number of hydrogen-bond donors (Lipinski definition) is 1. The maximum atomic E-state index is 11.7.